The van der Waals surface area contributed by atoms with Crippen molar-refractivity contribution >= 4 is 11.9 Å². The maximum atomic E-state index is 11.6. The second-order valence-electron chi connectivity index (χ2n) is 3.93. The van der Waals surface area contributed by atoms with E-state index in [-0.39, 0.29) is 5.91 Å². The topological polar surface area (TPSA) is 58.6 Å². The van der Waals surface area contributed by atoms with E-state index in [2.05, 4.69) is 5.32 Å². The summed E-state index contributed by atoms with van der Waals surface area (Å²) in [6.45, 7) is 3.55. The molecular formula is C10H16N2O3. The molecule has 0 saturated carbocycles. The number of hydrogen-bond donors (Lipinski definition) is 1. The molecule has 2 saturated heterocycles. The molecule has 0 aromatic carbocycles. The Morgan fingerprint density at radius 2 is 2.47 bits per heavy atom. The zero-order valence-corrected chi connectivity index (χ0v) is 8.86. The van der Waals surface area contributed by atoms with Crippen molar-refractivity contribution in [2.75, 3.05) is 19.7 Å². The Kier molecular flexibility index (Phi) is 2.90. The average molecular weight is 212 g/mol. The zero-order chi connectivity index (χ0) is 10.8. The molecule has 0 aromatic rings. The van der Waals surface area contributed by atoms with Gasteiger partial charge >= 0.3 is 5.97 Å². The van der Waals surface area contributed by atoms with Crippen LogP contribution in [-0.2, 0) is 14.3 Å². The Hall–Kier alpha value is -1.10. The molecule has 1 N–H and O–H groups in total. The molecule has 15 heavy (non-hydrogen) atoms. The van der Waals surface area contributed by atoms with Gasteiger partial charge in [0.1, 0.15) is 0 Å². The largest absolute Gasteiger partial charge is 0.464 e. The van der Waals surface area contributed by atoms with Crippen LogP contribution >= 0.6 is 0 Å². The van der Waals surface area contributed by atoms with Crippen LogP contribution in [-0.4, -0.2) is 48.6 Å². The number of nitrogens with one attached hydrogen (secondary N) is 1. The first kappa shape index (κ1) is 10.4. The number of carbonyl (C=O) groups excluding carboxylic acids is 2. The summed E-state index contributed by atoms with van der Waals surface area (Å²) in [6, 6.07) is -0.400. The molecule has 2 fully saturated rings. The smallest absolute Gasteiger partial charge is 0.333 e. The third-order valence-electron chi connectivity index (χ3n) is 3.02. The maximum absolute atomic E-state index is 11.6. The summed E-state index contributed by atoms with van der Waals surface area (Å²) in [6.07, 6.45) is 2.10. The highest BCUT2D eigenvalue weighted by molar-refractivity contribution is 6.02. The molecule has 2 atom stereocenters. The number of esters is 1. The second kappa shape index (κ2) is 4.18. The number of carbonyl (C=O) groups is 2. The van der Waals surface area contributed by atoms with Crippen LogP contribution in [0.5, 0.6) is 0 Å². The monoisotopic (exact) mass is 212 g/mol. The lowest BCUT2D eigenvalue weighted by atomic mass is 10.1. The fraction of sp³-hybridized carbons (Fsp3) is 0.800. The molecule has 2 rings (SSSR count). The SMILES string of the molecule is CCOC(=O)C1C(=O)NC[C@@H]2CCCN12. The molecule has 2 aliphatic rings. The Morgan fingerprint density at radius 3 is 3.20 bits per heavy atom. The lowest BCUT2D eigenvalue weighted by molar-refractivity contribution is -0.156. The lowest BCUT2D eigenvalue weighted by Crippen LogP contribution is -2.61. The Morgan fingerprint density at radius 1 is 1.67 bits per heavy atom. The van der Waals surface area contributed by atoms with Gasteiger partial charge in [0, 0.05) is 12.6 Å². The minimum Gasteiger partial charge on any atom is -0.464 e. The van der Waals surface area contributed by atoms with E-state index in [0.717, 1.165) is 19.4 Å². The lowest BCUT2D eigenvalue weighted by Gasteiger charge is -2.35. The summed E-state index contributed by atoms with van der Waals surface area (Å²) in [4.78, 5) is 25.2. The van der Waals surface area contributed by atoms with Crippen LogP contribution in [0.15, 0.2) is 0 Å². The molecule has 0 bridgehead atoms. The third-order valence-corrected chi connectivity index (χ3v) is 3.02. The predicted molar refractivity (Wildman–Crippen MR) is 53.2 cm³/mol. The summed E-state index contributed by atoms with van der Waals surface area (Å²) in [5.74, 6) is -0.631. The van der Waals surface area contributed by atoms with Gasteiger partial charge in [-0.2, -0.15) is 0 Å². The minimum absolute atomic E-state index is 0.216. The van der Waals surface area contributed by atoms with Crippen LogP contribution < -0.4 is 5.32 Å². The van der Waals surface area contributed by atoms with E-state index >= 15 is 0 Å². The second-order valence-corrected chi connectivity index (χ2v) is 3.93. The highest BCUT2D eigenvalue weighted by Crippen LogP contribution is 2.23. The summed E-state index contributed by atoms with van der Waals surface area (Å²) in [5.41, 5.74) is 0. The molecule has 1 amide bonds. The van der Waals surface area contributed by atoms with Crippen molar-refractivity contribution in [1.29, 1.82) is 0 Å². The van der Waals surface area contributed by atoms with Gasteiger partial charge in [-0.3, -0.25) is 9.69 Å². The Balaban J connectivity index is 2.11. The van der Waals surface area contributed by atoms with Gasteiger partial charge in [0.15, 0.2) is 6.04 Å². The van der Waals surface area contributed by atoms with Gasteiger partial charge in [-0.05, 0) is 26.3 Å². The van der Waals surface area contributed by atoms with Gasteiger partial charge in [0.2, 0.25) is 5.91 Å². The first-order chi connectivity index (χ1) is 7.24. The number of rotatable bonds is 2. The third kappa shape index (κ3) is 1.84. The van der Waals surface area contributed by atoms with E-state index in [4.69, 9.17) is 4.74 Å². The molecule has 2 aliphatic heterocycles. The fourth-order valence-electron chi connectivity index (χ4n) is 2.35. The molecule has 0 spiro atoms. The van der Waals surface area contributed by atoms with Gasteiger partial charge in [0.05, 0.1) is 6.61 Å². The zero-order valence-electron chi connectivity index (χ0n) is 8.86. The summed E-state index contributed by atoms with van der Waals surface area (Å²) in [5, 5.41) is 2.76. The highest BCUT2D eigenvalue weighted by atomic mass is 16.5. The van der Waals surface area contributed by atoms with Gasteiger partial charge < -0.3 is 10.1 Å². The number of piperazine rings is 1. The first-order valence-electron chi connectivity index (χ1n) is 5.44. The van der Waals surface area contributed by atoms with Crippen molar-refractivity contribution in [2.24, 2.45) is 0 Å². The van der Waals surface area contributed by atoms with E-state index in [0.29, 0.717) is 19.2 Å². The van der Waals surface area contributed by atoms with Gasteiger partial charge in [0.25, 0.3) is 0 Å². The minimum atomic E-state index is -0.716. The van der Waals surface area contributed by atoms with E-state index in [1.54, 1.807) is 6.92 Å². The Labute approximate surface area is 88.8 Å². The number of amides is 1. The van der Waals surface area contributed by atoms with Crippen molar-refractivity contribution in [2.45, 2.75) is 31.8 Å². The molecule has 5 heteroatoms. The van der Waals surface area contributed by atoms with E-state index in [9.17, 15) is 9.59 Å². The molecule has 2 heterocycles. The standard InChI is InChI=1S/C10H16N2O3/c1-2-15-10(14)8-9(13)11-6-7-4-3-5-12(7)8/h7-8H,2-6H2,1H3,(H,11,13)/t7-,8?/m0/s1. The van der Waals surface area contributed by atoms with Crippen LogP contribution in [0.4, 0.5) is 0 Å². The van der Waals surface area contributed by atoms with E-state index in [1.165, 1.54) is 0 Å². The molecule has 0 radical (unpaired) electrons. The number of ether oxygens (including phenoxy) is 1. The van der Waals surface area contributed by atoms with E-state index in [1.807, 2.05) is 4.90 Å². The van der Waals surface area contributed by atoms with Crippen molar-refractivity contribution in [3.8, 4) is 0 Å². The van der Waals surface area contributed by atoms with Crippen molar-refractivity contribution < 1.29 is 14.3 Å². The van der Waals surface area contributed by atoms with Crippen molar-refractivity contribution in [3.05, 3.63) is 0 Å². The van der Waals surface area contributed by atoms with Crippen LogP contribution in [0, 0.1) is 0 Å². The number of hydrogen-bond acceptors (Lipinski definition) is 4. The van der Waals surface area contributed by atoms with Gasteiger partial charge in [-0.1, -0.05) is 0 Å². The summed E-state index contributed by atoms with van der Waals surface area (Å²) in [7, 11) is 0. The molecule has 0 aliphatic carbocycles. The summed E-state index contributed by atoms with van der Waals surface area (Å²) >= 11 is 0. The predicted octanol–water partition coefficient (Wildman–Crippen LogP) is -0.488. The van der Waals surface area contributed by atoms with Crippen molar-refractivity contribution in [1.82, 2.24) is 10.2 Å². The van der Waals surface area contributed by atoms with Crippen molar-refractivity contribution in [3.63, 3.8) is 0 Å². The van der Waals surface area contributed by atoms with Gasteiger partial charge in [-0.15, -0.1) is 0 Å². The fourth-order valence-corrected chi connectivity index (χ4v) is 2.35. The number of fused-ring (bicyclic) bond motifs is 1. The summed E-state index contributed by atoms with van der Waals surface area (Å²) < 4.78 is 4.92. The molecule has 5 nitrogen and oxygen atoms in total. The molecule has 0 aromatic heterocycles. The molecule has 1 unspecified atom stereocenters. The van der Waals surface area contributed by atoms with Crippen LogP contribution in [0.3, 0.4) is 0 Å². The van der Waals surface area contributed by atoms with Crippen LogP contribution in [0.25, 0.3) is 0 Å². The first-order valence-corrected chi connectivity index (χ1v) is 5.44. The Bertz CT molecular complexity index is 280. The quantitative estimate of drug-likeness (QED) is 0.496. The van der Waals surface area contributed by atoms with E-state index < -0.39 is 12.0 Å². The normalized spacial score (nSPS) is 30.9. The average Bonchev–Trinajstić information content (AvgIpc) is 2.65. The molecule has 84 valence electrons. The maximum Gasteiger partial charge on any atom is 0.333 e. The molecular weight excluding hydrogens is 196 g/mol. The van der Waals surface area contributed by atoms with Crippen LogP contribution in [0.1, 0.15) is 19.8 Å². The number of nitrogens with zero attached hydrogens (tertiary/aromatic N) is 1. The highest BCUT2D eigenvalue weighted by Gasteiger charge is 2.43. The van der Waals surface area contributed by atoms with Crippen LogP contribution in [0.2, 0.25) is 0 Å². The van der Waals surface area contributed by atoms with Gasteiger partial charge in [-0.25, -0.2) is 4.79 Å².